The van der Waals surface area contributed by atoms with Crippen LogP contribution in [0.3, 0.4) is 0 Å². The molecule has 0 saturated heterocycles. The van der Waals surface area contributed by atoms with Crippen molar-refractivity contribution in [3.05, 3.63) is 39.7 Å². The normalized spacial score (nSPS) is 12.6. The first kappa shape index (κ1) is 8.71. The second kappa shape index (κ2) is 3.85. The Hall–Kier alpha value is -0.380. The van der Waals surface area contributed by atoms with Crippen LogP contribution in [0.2, 0.25) is 0 Å². The molecule has 0 unspecified atom stereocenters. The van der Waals surface area contributed by atoms with Gasteiger partial charge in [-0.15, -0.1) is 0 Å². The van der Waals surface area contributed by atoms with E-state index in [4.69, 9.17) is 0 Å². The van der Waals surface area contributed by atoms with Crippen LogP contribution in [-0.4, -0.2) is 0 Å². The van der Waals surface area contributed by atoms with Gasteiger partial charge in [0.25, 0.3) is 0 Å². The van der Waals surface area contributed by atoms with Crippen molar-refractivity contribution in [2.75, 3.05) is 0 Å². The summed E-state index contributed by atoms with van der Waals surface area (Å²) < 4.78 is 12.5. The van der Waals surface area contributed by atoms with Gasteiger partial charge in [0, 0.05) is 0 Å². The fourth-order valence-corrected chi connectivity index (χ4v) is 1.11. The quantitative estimate of drug-likeness (QED) is 0.675. The van der Waals surface area contributed by atoms with Crippen molar-refractivity contribution in [3.8, 4) is 0 Å². The lowest BCUT2D eigenvalue weighted by Crippen LogP contribution is -1.77. The van der Waals surface area contributed by atoms with Gasteiger partial charge in [-0.3, -0.25) is 0 Å². The molecule has 0 bridgehead atoms. The van der Waals surface area contributed by atoms with Gasteiger partial charge in [0.1, 0.15) is 0 Å². The summed E-state index contributed by atoms with van der Waals surface area (Å²) in [5, 5.41) is 0. The third kappa shape index (κ3) is 2.29. The van der Waals surface area contributed by atoms with Gasteiger partial charge in [-0.2, -0.15) is 4.39 Å². The fraction of sp³-hybridized carbons (Fsp3) is 0.111. The molecule has 0 atom stereocenters. The molecule has 0 aromatic heterocycles. The number of halogens is 2. The Morgan fingerprint density at radius 1 is 1.27 bits per heavy atom. The molecule has 2 heteroatoms. The smallest absolute Gasteiger partial charge is 0.164 e. The molecule has 0 radical (unpaired) electrons. The van der Waals surface area contributed by atoms with E-state index in [0.717, 1.165) is 5.56 Å². The van der Waals surface area contributed by atoms with Gasteiger partial charge in [0.15, 0.2) is 3.83 Å². The molecule has 0 saturated carbocycles. The van der Waals surface area contributed by atoms with Gasteiger partial charge < -0.3 is 0 Å². The van der Waals surface area contributed by atoms with E-state index in [9.17, 15) is 4.39 Å². The van der Waals surface area contributed by atoms with Gasteiger partial charge in [-0.1, -0.05) is 30.3 Å². The summed E-state index contributed by atoms with van der Waals surface area (Å²) >= 11 is 1.68. The van der Waals surface area contributed by atoms with Crippen molar-refractivity contribution in [1.29, 1.82) is 0 Å². The summed E-state index contributed by atoms with van der Waals surface area (Å²) in [6.45, 7) is 1.77. The Balaban J connectivity index is 3.04. The van der Waals surface area contributed by atoms with Gasteiger partial charge in [-0.05, 0) is 40.7 Å². The Morgan fingerprint density at radius 2 is 1.82 bits per heavy atom. The molecular weight excluding hydrogens is 254 g/mol. The molecule has 0 spiro atoms. The summed E-state index contributed by atoms with van der Waals surface area (Å²) in [6, 6.07) is 9.51. The van der Waals surface area contributed by atoms with E-state index < -0.39 is 0 Å². The van der Waals surface area contributed by atoms with Crippen LogP contribution in [0.1, 0.15) is 12.5 Å². The third-order valence-electron chi connectivity index (χ3n) is 1.49. The highest BCUT2D eigenvalue weighted by Gasteiger charge is 1.98. The first-order chi connectivity index (χ1) is 5.22. The van der Waals surface area contributed by atoms with Crippen LogP contribution >= 0.6 is 22.6 Å². The first-order valence-electron chi connectivity index (χ1n) is 3.29. The molecule has 1 aromatic rings. The largest absolute Gasteiger partial charge is 0.200 e. The molecular formula is C9H8FI. The maximum Gasteiger partial charge on any atom is 0.164 e. The van der Waals surface area contributed by atoms with Crippen molar-refractivity contribution in [2.24, 2.45) is 0 Å². The average molecular weight is 262 g/mol. The Bertz CT molecular complexity index is 260. The Morgan fingerprint density at radius 3 is 2.27 bits per heavy atom. The minimum Gasteiger partial charge on any atom is -0.200 e. The lowest BCUT2D eigenvalue weighted by atomic mass is 10.1. The molecule has 11 heavy (non-hydrogen) atoms. The summed E-state index contributed by atoms with van der Waals surface area (Å²) in [5.74, 6) is 0. The molecule has 0 aliphatic carbocycles. The van der Waals surface area contributed by atoms with Crippen LogP contribution in [0, 0.1) is 0 Å². The van der Waals surface area contributed by atoms with Crippen molar-refractivity contribution in [1.82, 2.24) is 0 Å². The number of hydrogen-bond donors (Lipinski definition) is 0. The molecule has 0 fully saturated rings. The summed E-state index contributed by atoms with van der Waals surface area (Å²) in [4.78, 5) is 0. The molecule has 1 aromatic carbocycles. The number of rotatable bonds is 1. The number of benzene rings is 1. The molecule has 0 aliphatic rings. The van der Waals surface area contributed by atoms with Crippen molar-refractivity contribution >= 4 is 28.2 Å². The summed E-state index contributed by atoms with van der Waals surface area (Å²) in [5.41, 5.74) is 1.64. The predicted octanol–water partition coefficient (Wildman–Crippen LogP) is 3.78. The van der Waals surface area contributed by atoms with Crippen LogP contribution in [0.15, 0.2) is 34.2 Å². The molecule has 58 valence electrons. The van der Waals surface area contributed by atoms with Crippen LogP contribution in [0.5, 0.6) is 0 Å². The van der Waals surface area contributed by atoms with Crippen LogP contribution in [0.25, 0.3) is 5.57 Å². The zero-order valence-corrected chi connectivity index (χ0v) is 8.30. The second-order valence-electron chi connectivity index (χ2n) is 2.25. The molecule has 0 nitrogen and oxygen atoms in total. The lowest BCUT2D eigenvalue weighted by Gasteiger charge is -1.98. The van der Waals surface area contributed by atoms with Crippen molar-refractivity contribution < 1.29 is 4.39 Å². The van der Waals surface area contributed by atoms with E-state index in [1.165, 1.54) is 0 Å². The topological polar surface area (TPSA) is 0 Å². The van der Waals surface area contributed by atoms with Crippen molar-refractivity contribution in [2.45, 2.75) is 6.92 Å². The molecule has 0 amide bonds. The average Bonchev–Trinajstić information content (AvgIpc) is 2.05. The minimum atomic E-state index is -0.145. The van der Waals surface area contributed by atoms with Gasteiger partial charge >= 0.3 is 0 Å². The maximum absolute atomic E-state index is 12.6. The molecule has 1 rings (SSSR count). The standard InChI is InChI=1S/C9H8FI/c1-7(9(10)11)8-5-3-2-4-6-8/h2-6H,1H3/b9-7-. The highest BCUT2D eigenvalue weighted by atomic mass is 127. The van der Waals surface area contributed by atoms with Gasteiger partial charge in [0.05, 0.1) is 0 Å². The summed E-state index contributed by atoms with van der Waals surface area (Å²) in [7, 11) is 0. The summed E-state index contributed by atoms with van der Waals surface area (Å²) in [6.07, 6.45) is 0. The molecule has 0 aliphatic heterocycles. The van der Waals surface area contributed by atoms with Crippen LogP contribution < -0.4 is 0 Å². The SMILES string of the molecule is C/C(=C(\F)I)c1ccccc1. The first-order valence-corrected chi connectivity index (χ1v) is 4.37. The fourth-order valence-electron chi connectivity index (χ4n) is 0.797. The van der Waals surface area contributed by atoms with Crippen molar-refractivity contribution in [3.63, 3.8) is 0 Å². The lowest BCUT2D eigenvalue weighted by molar-refractivity contribution is 0.713. The van der Waals surface area contributed by atoms with E-state index in [1.807, 2.05) is 30.3 Å². The van der Waals surface area contributed by atoms with E-state index >= 15 is 0 Å². The van der Waals surface area contributed by atoms with E-state index in [1.54, 1.807) is 29.5 Å². The monoisotopic (exact) mass is 262 g/mol. The zero-order chi connectivity index (χ0) is 8.27. The minimum absolute atomic E-state index is 0.145. The zero-order valence-electron chi connectivity index (χ0n) is 6.14. The maximum atomic E-state index is 12.6. The van der Waals surface area contributed by atoms with E-state index in [0.29, 0.717) is 5.57 Å². The highest BCUT2D eigenvalue weighted by Crippen LogP contribution is 2.22. The van der Waals surface area contributed by atoms with Crippen LogP contribution in [-0.2, 0) is 0 Å². The van der Waals surface area contributed by atoms with E-state index in [-0.39, 0.29) is 3.83 Å². The number of allylic oxidation sites excluding steroid dienone is 1. The third-order valence-corrected chi connectivity index (χ3v) is 2.30. The highest BCUT2D eigenvalue weighted by molar-refractivity contribution is 14.1. The van der Waals surface area contributed by atoms with Gasteiger partial charge in [-0.25, -0.2) is 0 Å². The van der Waals surface area contributed by atoms with E-state index in [2.05, 4.69) is 0 Å². The Labute approximate surface area is 79.3 Å². The predicted molar refractivity (Wildman–Crippen MR) is 54.2 cm³/mol. The Kier molecular flexibility index (Phi) is 3.05. The van der Waals surface area contributed by atoms with Gasteiger partial charge in [0.2, 0.25) is 0 Å². The number of hydrogen-bond acceptors (Lipinski definition) is 0. The molecule has 0 heterocycles. The molecule has 0 N–H and O–H groups in total. The van der Waals surface area contributed by atoms with Crippen LogP contribution in [0.4, 0.5) is 4.39 Å². The second-order valence-corrected chi connectivity index (χ2v) is 3.20.